The molecular formula is C76H128O24. The van der Waals surface area contributed by atoms with E-state index >= 15 is 0 Å². The molecule has 576 valence electrons. The first-order valence-corrected chi connectivity index (χ1v) is 36.2. The number of ether oxygens (including phenoxy) is 20. The van der Waals surface area contributed by atoms with Crippen molar-refractivity contribution in [3.8, 4) is 0 Å². The highest BCUT2D eigenvalue weighted by Crippen LogP contribution is 2.61. The van der Waals surface area contributed by atoms with Gasteiger partial charge in [0.1, 0.15) is 24.4 Å². The number of esters is 4. The monoisotopic (exact) mass is 1420 g/mol. The zero-order valence-corrected chi connectivity index (χ0v) is 67.3. The van der Waals surface area contributed by atoms with Crippen LogP contribution in [0.15, 0.2) is 0 Å². The Bertz CT molecular complexity index is 2540. The fraction of sp³-hybridized carbons (Fsp3) is 0.947. The highest BCUT2D eigenvalue weighted by Gasteiger charge is 2.75. The highest BCUT2D eigenvalue weighted by molar-refractivity contribution is 5.80. The number of carbonyl (C=O) groups is 4. The minimum absolute atomic E-state index is 0.279. The third-order valence-electron chi connectivity index (χ3n) is 20.1. The molecule has 24 nitrogen and oxygen atoms in total. The second-order valence-corrected chi connectivity index (χ2v) is 41.4. The molecule has 24 heteroatoms. The Hall–Kier alpha value is -2.76. The van der Waals surface area contributed by atoms with E-state index in [-0.39, 0.29) is 43.3 Å². The van der Waals surface area contributed by atoms with Gasteiger partial charge < -0.3 is 94.7 Å². The van der Waals surface area contributed by atoms with E-state index in [0.29, 0.717) is 0 Å². The van der Waals surface area contributed by atoms with E-state index in [1.807, 2.05) is 83.1 Å². The van der Waals surface area contributed by atoms with E-state index in [0.717, 1.165) is 0 Å². The Morgan fingerprint density at radius 3 is 0.470 bits per heavy atom. The maximum Gasteiger partial charge on any atom is 0.338 e. The number of fused-ring (bicyclic) bond motifs is 12. The summed E-state index contributed by atoms with van der Waals surface area (Å²) in [5.74, 6) is -4.92. The molecular weight excluding hydrogens is 1300 g/mol. The summed E-state index contributed by atoms with van der Waals surface area (Å²) in [7, 11) is 0. The van der Waals surface area contributed by atoms with Gasteiger partial charge in [0, 0.05) is 43.3 Å². The SMILES string of the molecule is CC(C)(C)O[C@@H]1C(=O)O[C@@H]2[C@H]3OC(C(C)(C)C)(C(C)(C)C)O[C@H]3O[C@@H]21.CC(C)(C)O[C@@H]1C(=O)O[C@H]2[C@@H]3OC(C(C)(C)C)(C(C)(C)C)O[C@@H]3O[C@H]21.CC(C)(C)O[C@H]1C(=O)O[C@@H]2[C@H]3OC(C(C)(C)C)(C(C)(C)C)O[C@H]3O[C@@H]21.CC(C)(C)O[C@H]1C(=O)O[C@H]2[C@@H]3OC(C(C)(C)C)(C(C)(C)C)O[C@@H]3O[C@H]21. The van der Waals surface area contributed by atoms with Crippen molar-refractivity contribution in [1.82, 2.24) is 0 Å². The van der Waals surface area contributed by atoms with Crippen LogP contribution in [-0.2, 0) is 114 Å². The molecule has 20 atom stereocenters. The second kappa shape index (κ2) is 25.4. The molecule has 0 saturated carbocycles. The summed E-state index contributed by atoms with van der Waals surface area (Å²) in [5, 5.41) is 0. The van der Waals surface area contributed by atoms with Crippen LogP contribution in [-0.4, -0.2) is 192 Å². The second-order valence-electron chi connectivity index (χ2n) is 41.4. The van der Waals surface area contributed by atoms with Crippen LogP contribution in [0.25, 0.3) is 0 Å². The molecule has 12 fully saturated rings. The number of hydrogen-bond donors (Lipinski definition) is 0. The average molecular weight is 1430 g/mol. The number of carbonyl (C=O) groups excluding carboxylic acids is 4. The maximum atomic E-state index is 12.3. The molecule has 0 spiro atoms. The first-order chi connectivity index (χ1) is 44.6. The fourth-order valence-corrected chi connectivity index (χ4v) is 17.2. The van der Waals surface area contributed by atoms with Crippen LogP contribution >= 0.6 is 0 Å². The average Bonchev–Trinajstić information content (AvgIpc) is 1.57. The predicted octanol–water partition coefficient (Wildman–Crippen LogP) is 12.1. The van der Waals surface area contributed by atoms with E-state index in [1.165, 1.54) is 0 Å². The molecule has 0 aliphatic carbocycles. The topological polar surface area (TPSA) is 253 Å². The molecule has 12 saturated heterocycles. The summed E-state index contributed by atoms with van der Waals surface area (Å²) >= 11 is 0. The Morgan fingerprint density at radius 1 is 0.210 bits per heavy atom. The van der Waals surface area contributed by atoms with Gasteiger partial charge in [0.2, 0.25) is 0 Å². The summed E-state index contributed by atoms with van der Waals surface area (Å²) in [6.07, 6.45) is -11.0. The highest BCUT2D eigenvalue weighted by atomic mass is 16.9. The number of hydrogen-bond acceptors (Lipinski definition) is 24. The van der Waals surface area contributed by atoms with Gasteiger partial charge in [-0.25, -0.2) is 19.2 Å². The molecule has 0 bridgehead atoms. The first kappa shape index (κ1) is 81.3. The van der Waals surface area contributed by atoms with Gasteiger partial charge in [0.25, 0.3) is 0 Å². The van der Waals surface area contributed by atoms with E-state index in [4.69, 9.17) is 94.7 Å². The van der Waals surface area contributed by atoms with Gasteiger partial charge in [-0.15, -0.1) is 0 Å². The van der Waals surface area contributed by atoms with Crippen molar-refractivity contribution in [3.63, 3.8) is 0 Å². The lowest BCUT2D eigenvalue weighted by molar-refractivity contribution is -0.322. The van der Waals surface area contributed by atoms with Crippen molar-refractivity contribution in [3.05, 3.63) is 0 Å². The van der Waals surface area contributed by atoms with E-state index < -0.39 is 192 Å². The van der Waals surface area contributed by atoms with Gasteiger partial charge in [-0.1, -0.05) is 166 Å². The lowest BCUT2D eigenvalue weighted by atomic mass is 9.70. The van der Waals surface area contributed by atoms with Crippen LogP contribution in [0.3, 0.4) is 0 Å². The van der Waals surface area contributed by atoms with Crippen molar-refractivity contribution in [1.29, 1.82) is 0 Å². The van der Waals surface area contributed by atoms with Crippen molar-refractivity contribution in [2.24, 2.45) is 43.3 Å². The Morgan fingerprint density at radius 2 is 0.350 bits per heavy atom. The first-order valence-electron chi connectivity index (χ1n) is 36.2. The Kier molecular flexibility index (Phi) is 20.7. The van der Waals surface area contributed by atoms with Gasteiger partial charge in [-0.2, -0.15) is 0 Å². The zero-order chi connectivity index (χ0) is 76.0. The van der Waals surface area contributed by atoms with Gasteiger partial charge in [0.05, 0.1) is 22.4 Å². The standard InChI is InChI=1S/4C19H32O6/c4*1-16(2,3)19(17(4,5)6)24-13-11-10(22-15(13)25-19)12(14(20)21-11)23-18(7,8)9/h4*10-13,15H,1-9H3/t2*10-,11-,12+,13+,15+;2*10-,11-,12-,13+,15+/m1010/s1. The van der Waals surface area contributed by atoms with E-state index in [9.17, 15) is 19.2 Å². The molecule has 0 unspecified atom stereocenters. The van der Waals surface area contributed by atoms with Gasteiger partial charge in [0.15, 0.2) is 122 Å². The minimum atomic E-state index is -0.838. The molecule has 0 aromatic rings. The zero-order valence-electron chi connectivity index (χ0n) is 67.3. The largest absolute Gasteiger partial charge is 0.454 e. The lowest BCUT2D eigenvalue weighted by Crippen LogP contribution is -2.55. The molecule has 0 amide bonds. The third-order valence-corrected chi connectivity index (χ3v) is 20.1. The van der Waals surface area contributed by atoms with Crippen molar-refractivity contribution in [2.75, 3.05) is 0 Å². The molecule has 0 aromatic carbocycles. The van der Waals surface area contributed by atoms with Crippen LogP contribution in [0.2, 0.25) is 0 Å². The Balaban J connectivity index is 0.000000156. The summed E-state index contributed by atoms with van der Waals surface area (Å²) in [5.41, 5.74) is -4.12. The van der Waals surface area contributed by atoms with E-state index in [2.05, 4.69) is 166 Å². The molecule has 0 N–H and O–H groups in total. The molecule has 0 aromatic heterocycles. The molecule has 12 aliphatic heterocycles. The van der Waals surface area contributed by atoms with Gasteiger partial charge in [-0.3, -0.25) is 0 Å². The lowest BCUT2D eigenvalue weighted by Gasteiger charge is -2.49. The van der Waals surface area contributed by atoms with Crippen LogP contribution in [0, 0.1) is 43.3 Å². The molecule has 100 heavy (non-hydrogen) atoms. The third kappa shape index (κ3) is 14.5. The van der Waals surface area contributed by atoms with Crippen molar-refractivity contribution in [2.45, 2.75) is 418 Å². The number of rotatable bonds is 4. The van der Waals surface area contributed by atoms with Crippen LogP contribution < -0.4 is 0 Å². The summed E-state index contributed by atoms with van der Waals surface area (Å²) in [4.78, 5) is 49.1. The van der Waals surface area contributed by atoms with Crippen LogP contribution in [0.4, 0.5) is 0 Å². The van der Waals surface area contributed by atoms with E-state index in [1.54, 1.807) is 0 Å². The van der Waals surface area contributed by atoms with Crippen molar-refractivity contribution < 1.29 is 114 Å². The normalized spacial score (nSPS) is 37.8. The fourth-order valence-electron chi connectivity index (χ4n) is 17.2. The van der Waals surface area contributed by atoms with Crippen molar-refractivity contribution >= 4 is 23.9 Å². The van der Waals surface area contributed by atoms with Crippen LogP contribution in [0.1, 0.15) is 249 Å². The summed E-state index contributed by atoms with van der Waals surface area (Å²) in [6.45, 7) is 72.9. The Labute approximate surface area is 596 Å². The predicted molar refractivity (Wildman–Crippen MR) is 363 cm³/mol. The maximum absolute atomic E-state index is 12.3. The minimum Gasteiger partial charge on any atom is -0.454 e. The quantitative estimate of drug-likeness (QED) is 0.187. The molecule has 12 aliphatic rings. The van der Waals surface area contributed by atoms with Gasteiger partial charge in [-0.05, 0) is 83.1 Å². The summed E-state index contributed by atoms with van der Waals surface area (Å²) < 4.78 is 121. The van der Waals surface area contributed by atoms with Gasteiger partial charge >= 0.3 is 23.9 Å². The summed E-state index contributed by atoms with van der Waals surface area (Å²) in [6, 6.07) is 0. The smallest absolute Gasteiger partial charge is 0.338 e. The molecule has 12 heterocycles. The molecule has 12 rings (SSSR count). The molecule has 0 radical (unpaired) electrons. The van der Waals surface area contributed by atoms with Crippen LogP contribution in [0.5, 0.6) is 0 Å².